The van der Waals surface area contributed by atoms with E-state index in [0.717, 1.165) is 4.90 Å². The Balaban J connectivity index is 1.47. The van der Waals surface area contributed by atoms with Gasteiger partial charge in [-0.3, -0.25) is 19.3 Å². The fraction of sp³-hybridized carbons (Fsp3) is 0.0455. The van der Waals surface area contributed by atoms with E-state index >= 15 is 0 Å². The minimum Gasteiger partial charge on any atom is -0.457 e. The summed E-state index contributed by atoms with van der Waals surface area (Å²) < 4.78 is 19.4. The maximum absolute atomic E-state index is 13.7. The number of hydrogen-bond donors (Lipinski definition) is 1. The van der Waals surface area contributed by atoms with Gasteiger partial charge in [-0.2, -0.15) is 0 Å². The van der Waals surface area contributed by atoms with Crippen LogP contribution in [0.4, 0.5) is 14.9 Å². The molecule has 0 bridgehead atoms. The lowest BCUT2D eigenvalue weighted by Gasteiger charge is -2.12. The third-order valence-electron chi connectivity index (χ3n) is 4.42. The standard InChI is InChI=1S/C22H13Cl2FN2O4S/c23-12-5-7-14(15(24)9-12)18-8-6-13(31-18)10-19-21(29)27(22(30)32-19)11-20(28)26-17-4-2-1-3-16(17)25/h1-10H,11H2,(H,26,28). The molecule has 1 fully saturated rings. The Morgan fingerprint density at radius 2 is 1.91 bits per heavy atom. The van der Waals surface area contributed by atoms with Crippen molar-refractivity contribution >= 4 is 63.8 Å². The van der Waals surface area contributed by atoms with Gasteiger partial charge in [0.1, 0.15) is 23.9 Å². The molecule has 10 heteroatoms. The van der Waals surface area contributed by atoms with E-state index in [1.807, 2.05) is 0 Å². The molecule has 0 saturated carbocycles. The number of imide groups is 1. The van der Waals surface area contributed by atoms with Gasteiger partial charge in [0.05, 0.1) is 15.6 Å². The van der Waals surface area contributed by atoms with Crippen molar-refractivity contribution in [2.24, 2.45) is 0 Å². The molecule has 3 aromatic rings. The van der Waals surface area contributed by atoms with Crippen LogP contribution in [-0.4, -0.2) is 28.5 Å². The van der Waals surface area contributed by atoms with Gasteiger partial charge < -0.3 is 9.73 Å². The largest absolute Gasteiger partial charge is 0.457 e. The van der Waals surface area contributed by atoms with Crippen molar-refractivity contribution in [1.82, 2.24) is 4.90 Å². The van der Waals surface area contributed by atoms with Gasteiger partial charge in [-0.15, -0.1) is 0 Å². The normalized spacial score (nSPS) is 15.0. The number of carbonyl (C=O) groups excluding carboxylic acids is 3. The number of furan rings is 1. The quantitative estimate of drug-likeness (QED) is 0.439. The van der Waals surface area contributed by atoms with Gasteiger partial charge in [-0.25, -0.2) is 4.39 Å². The highest BCUT2D eigenvalue weighted by atomic mass is 35.5. The maximum Gasteiger partial charge on any atom is 0.294 e. The molecule has 1 N–H and O–H groups in total. The number of benzene rings is 2. The molecule has 0 spiro atoms. The lowest BCUT2D eigenvalue weighted by Crippen LogP contribution is -2.36. The highest BCUT2D eigenvalue weighted by Gasteiger charge is 2.36. The van der Waals surface area contributed by atoms with Gasteiger partial charge in [0.25, 0.3) is 11.1 Å². The van der Waals surface area contributed by atoms with Crippen LogP contribution in [0.5, 0.6) is 0 Å². The average Bonchev–Trinajstić information content (AvgIpc) is 3.30. The number of halogens is 3. The molecule has 4 rings (SSSR count). The minimum absolute atomic E-state index is 0.0380. The Labute approximate surface area is 196 Å². The van der Waals surface area contributed by atoms with Crippen molar-refractivity contribution in [1.29, 1.82) is 0 Å². The number of amides is 3. The first-order valence-electron chi connectivity index (χ1n) is 9.17. The molecule has 1 aliphatic rings. The molecular weight excluding hydrogens is 478 g/mol. The first kappa shape index (κ1) is 22.1. The van der Waals surface area contributed by atoms with E-state index in [2.05, 4.69) is 5.32 Å². The molecular formula is C22H13Cl2FN2O4S. The zero-order valence-corrected chi connectivity index (χ0v) is 18.4. The molecule has 0 atom stereocenters. The van der Waals surface area contributed by atoms with Crippen LogP contribution in [0.15, 0.2) is 63.9 Å². The van der Waals surface area contributed by atoms with E-state index in [0.29, 0.717) is 38.9 Å². The number of rotatable bonds is 5. The molecule has 2 aromatic carbocycles. The summed E-state index contributed by atoms with van der Waals surface area (Å²) >= 11 is 12.8. The summed E-state index contributed by atoms with van der Waals surface area (Å²) in [4.78, 5) is 38.0. The highest BCUT2D eigenvalue weighted by Crippen LogP contribution is 2.35. The fourth-order valence-corrected chi connectivity index (χ4v) is 4.25. The summed E-state index contributed by atoms with van der Waals surface area (Å²) in [6.07, 6.45) is 1.41. The monoisotopic (exact) mass is 490 g/mol. The van der Waals surface area contributed by atoms with Crippen molar-refractivity contribution in [3.63, 3.8) is 0 Å². The zero-order valence-electron chi connectivity index (χ0n) is 16.1. The molecule has 0 radical (unpaired) electrons. The number of para-hydroxylation sites is 1. The number of nitrogens with one attached hydrogen (secondary N) is 1. The second-order valence-corrected chi connectivity index (χ2v) is 8.46. The van der Waals surface area contributed by atoms with Crippen molar-refractivity contribution in [3.8, 4) is 11.3 Å². The van der Waals surface area contributed by atoms with Crippen molar-refractivity contribution < 1.29 is 23.2 Å². The van der Waals surface area contributed by atoms with Crippen molar-refractivity contribution in [2.45, 2.75) is 0 Å². The third-order valence-corrected chi connectivity index (χ3v) is 5.88. The van der Waals surface area contributed by atoms with E-state index in [4.69, 9.17) is 27.6 Å². The second-order valence-electron chi connectivity index (χ2n) is 6.62. The van der Waals surface area contributed by atoms with Gasteiger partial charge in [0.2, 0.25) is 5.91 Å². The molecule has 32 heavy (non-hydrogen) atoms. The summed E-state index contributed by atoms with van der Waals surface area (Å²) in [5, 5.41) is 2.62. The Morgan fingerprint density at radius 1 is 1.12 bits per heavy atom. The van der Waals surface area contributed by atoms with E-state index in [-0.39, 0.29) is 10.6 Å². The molecule has 3 amide bonds. The van der Waals surface area contributed by atoms with Crippen molar-refractivity contribution in [3.05, 3.63) is 81.1 Å². The predicted octanol–water partition coefficient (Wildman–Crippen LogP) is 6.07. The van der Waals surface area contributed by atoms with Crippen molar-refractivity contribution in [2.75, 3.05) is 11.9 Å². The van der Waals surface area contributed by atoms with Gasteiger partial charge in [0, 0.05) is 16.7 Å². The first-order chi connectivity index (χ1) is 15.3. The van der Waals surface area contributed by atoms with Gasteiger partial charge in [0.15, 0.2) is 0 Å². The van der Waals surface area contributed by atoms with Crippen LogP contribution in [0.1, 0.15) is 5.76 Å². The van der Waals surface area contributed by atoms with Crippen LogP contribution >= 0.6 is 35.0 Å². The van der Waals surface area contributed by atoms with Crippen LogP contribution in [0.2, 0.25) is 10.0 Å². The second kappa shape index (κ2) is 9.20. The number of nitrogens with zero attached hydrogens (tertiary/aromatic N) is 1. The van der Waals surface area contributed by atoms with Crippen LogP contribution in [-0.2, 0) is 9.59 Å². The minimum atomic E-state index is -0.698. The van der Waals surface area contributed by atoms with E-state index < -0.39 is 29.4 Å². The van der Waals surface area contributed by atoms with E-state index in [1.165, 1.54) is 24.3 Å². The molecule has 6 nitrogen and oxygen atoms in total. The summed E-state index contributed by atoms with van der Waals surface area (Å²) in [5.74, 6) is -1.18. The summed E-state index contributed by atoms with van der Waals surface area (Å²) in [7, 11) is 0. The van der Waals surface area contributed by atoms with Gasteiger partial charge in [-0.1, -0.05) is 35.3 Å². The third kappa shape index (κ3) is 4.72. The predicted molar refractivity (Wildman–Crippen MR) is 122 cm³/mol. The molecule has 1 aromatic heterocycles. The van der Waals surface area contributed by atoms with E-state index in [1.54, 1.807) is 36.4 Å². The summed E-state index contributed by atoms with van der Waals surface area (Å²) in [6, 6.07) is 13.8. The molecule has 1 saturated heterocycles. The zero-order chi connectivity index (χ0) is 22.8. The number of carbonyl (C=O) groups is 3. The first-order valence-corrected chi connectivity index (χ1v) is 10.7. The van der Waals surface area contributed by atoms with Gasteiger partial charge in [-0.05, 0) is 54.2 Å². The number of thioether (sulfide) groups is 1. The fourth-order valence-electron chi connectivity index (χ4n) is 2.93. The molecule has 0 unspecified atom stereocenters. The Hall–Kier alpha value is -3.07. The topological polar surface area (TPSA) is 79.6 Å². The maximum atomic E-state index is 13.7. The molecule has 2 heterocycles. The Bertz CT molecular complexity index is 1270. The molecule has 162 valence electrons. The summed E-state index contributed by atoms with van der Waals surface area (Å²) in [5.41, 5.74) is 0.581. The molecule has 1 aliphatic heterocycles. The molecule has 0 aliphatic carbocycles. The number of hydrogen-bond acceptors (Lipinski definition) is 5. The van der Waals surface area contributed by atoms with Gasteiger partial charge >= 0.3 is 0 Å². The Morgan fingerprint density at radius 3 is 2.66 bits per heavy atom. The van der Waals surface area contributed by atoms with E-state index in [9.17, 15) is 18.8 Å². The average molecular weight is 491 g/mol. The van der Waals surface area contributed by atoms with Crippen LogP contribution in [0, 0.1) is 5.82 Å². The summed E-state index contributed by atoms with van der Waals surface area (Å²) in [6.45, 7) is -0.542. The highest BCUT2D eigenvalue weighted by molar-refractivity contribution is 8.18. The van der Waals surface area contributed by atoms with Crippen LogP contribution < -0.4 is 5.32 Å². The number of anilines is 1. The smallest absolute Gasteiger partial charge is 0.294 e. The van der Waals surface area contributed by atoms with Crippen LogP contribution in [0.25, 0.3) is 17.4 Å². The SMILES string of the molecule is O=C(CN1C(=O)SC(=Cc2ccc(-c3ccc(Cl)cc3Cl)o2)C1=O)Nc1ccccc1F. The van der Waals surface area contributed by atoms with Crippen LogP contribution in [0.3, 0.4) is 0 Å². The Kier molecular flexibility index (Phi) is 6.36. The lowest BCUT2D eigenvalue weighted by molar-refractivity contribution is -0.127. The lowest BCUT2D eigenvalue weighted by atomic mass is 10.2.